The lowest BCUT2D eigenvalue weighted by atomic mass is 10.1. The van der Waals surface area contributed by atoms with Crippen LogP contribution in [0.2, 0.25) is 0 Å². The van der Waals surface area contributed by atoms with E-state index in [1.807, 2.05) is 6.92 Å². The Hall–Kier alpha value is -1.62. The third-order valence-electron chi connectivity index (χ3n) is 2.37. The number of halogens is 1. The first-order valence-corrected chi connectivity index (χ1v) is 5.39. The van der Waals surface area contributed by atoms with Crippen molar-refractivity contribution >= 4 is 11.6 Å². The summed E-state index contributed by atoms with van der Waals surface area (Å²) in [4.78, 5) is 11.7. The second-order valence-electron chi connectivity index (χ2n) is 3.90. The van der Waals surface area contributed by atoms with Crippen LogP contribution in [0.4, 0.5) is 10.1 Å². The Balaban J connectivity index is 2.66. The van der Waals surface area contributed by atoms with E-state index in [4.69, 9.17) is 10.5 Å². The van der Waals surface area contributed by atoms with Gasteiger partial charge in [0.05, 0.1) is 5.56 Å². The lowest BCUT2D eigenvalue weighted by Gasteiger charge is -2.13. The Morgan fingerprint density at radius 2 is 2.29 bits per heavy atom. The van der Waals surface area contributed by atoms with Crippen molar-refractivity contribution < 1.29 is 13.9 Å². The zero-order valence-electron chi connectivity index (χ0n) is 10.00. The summed E-state index contributed by atoms with van der Waals surface area (Å²) in [6.45, 7) is 2.38. The Labute approximate surface area is 100.0 Å². The van der Waals surface area contributed by atoms with Crippen LogP contribution in [0.3, 0.4) is 0 Å². The van der Waals surface area contributed by atoms with E-state index in [-0.39, 0.29) is 11.6 Å². The summed E-state index contributed by atoms with van der Waals surface area (Å²) in [7, 11) is 1.59. The first-order chi connectivity index (χ1) is 8.04. The van der Waals surface area contributed by atoms with Gasteiger partial charge in [-0.3, -0.25) is 4.79 Å². The van der Waals surface area contributed by atoms with E-state index < -0.39 is 11.7 Å². The summed E-state index contributed by atoms with van der Waals surface area (Å²) in [5.74, 6) is -1.03. The molecule has 94 valence electrons. The number of hydrogen-bond donors (Lipinski definition) is 2. The van der Waals surface area contributed by atoms with Crippen molar-refractivity contribution in [3.63, 3.8) is 0 Å². The van der Waals surface area contributed by atoms with Crippen LogP contribution in [-0.2, 0) is 4.74 Å². The molecule has 1 atom stereocenters. The molecule has 0 aliphatic carbocycles. The molecule has 0 saturated carbocycles. The van der Waals surface area contributed by atoms with Gasteiger partial charge in [0.2, 0.25) is 0 Å². The molecule has 1 aromatic carbocycles. The Morgan fingerprint density at radius 1 is 1.59 bits per heavy atom. The molecule has 1 rings (SSSR count). The SMILES string of the molecule is COCCC(C)NC(=O)c1cc(N)ccc1F. The van der Waals surface area contributed by atoms with Crippen molar-refractivity contribution in [2.75, 3.05) is 19.5 Å². The van der Waals surface area contributed by atoms with Crippen LogP contribution in [0.15, 0.2) is 18.2 Å². The van der Waals surface area contributed by atoms with Crippen LogP contribution < -0.4 is 11.1 Å². The summed E-state index contributed by atoms with van der Waals surface area (Å²) >= 11 is 0. The normalized spacial score (nSPS) is 12.2. The number of rotatable bonds is 5. The number of carbonyl (C=O) groups is 1. The zero-order valence-corrected chi connectivity index (χ0v) is 10.00. The number of nitrogen functional groups attached to an aromatic ring is 1. The van der Waals surface area contributed by atoms with Crippen molar-refractivity contribution in [2.24, 2.45) is 0 Å². The summed E-state index contributed by atoms with van der Waals surface area (Å²) in [5, 5.41) is 2.68. The minimum absolute atomic E-state index is 0.0331. The number of anilines is 1. The van der Waals surface area contributed by atoms with Crippen LogP contribution in [0.25, 0.3) is 0 Å². The highest BCUT2D eigenvalue weighted by atomic mass is 19.1. The number of amides is 1. The van der Waals surface area contributed by atoms with Crippen molar-refractivity contribution in [1.82, 2.24) is 5.32 Å². The molecule has 0 radical (unpaired) electrons. The zero-order chi connectivity index (χ0) is 12.8. The quantitative estimate of drug-likeness (QED) is 0.768. The second-order valence-corrected chi connectivity index (χ2v) is 3.90. The van der Waals surface area contributed by atoms with Crippen LogP contribution in [-0.4, -0.2) is 25.7 Å². The molecule has 5 heteroatoms. The fraction of sp³-hybridized carbons (Fsp3) is 0.417. The first-order valence-electron chi connectivity index (χ1n) is 5.39. The predicted octanol–water partition coefficient (Wildman–Crippen LogP) is 1.56. The third kappa shape index (κ3) is 4.03. The highest BCUT2D eigenvalue weighted by molar-refractivity contribution is 5.95. The molecule has 3 N–H and O–H groups in total. The number of nitrogens with two attached hydrogens (primary N) is 1. The van der Waals surface area contributed by atoms with Gasteiger partial charge in [-0.05, 0) is 31.5 Å². The van der Waals surface area contributed by atoms with Crippen molar-refractivity contribution in [1.29, 1.82) is 0 Å². The summed E-state index contributed by atoms with van der Waals surface area (Å²) < 4.78 is 18.3. The van der Waals surface area contributed by atoms with E-state index in [0.717, 1.165) is 0 Å². The van der Waals surface area contributed by atoms with E-state index in [9.17, 15) is 9.18 Å². The smallest absolute Gasteiger partial charge is 0.254 e. The lowest BCUT2D eigenvalue weighted by Crippen LogP contribution is -2.33. The van der Waals surface area contributed by atoms with Crippen LogP contribution >= 0.6 is 0 Å². The van der Waals surface area contributed by atoms with Crippen molar-refractivity contribution in [3.05, 3.63) is 29.6 Å². The monoisotopic (exact) mass is 240 g/mol. The highest BCUT2D eigenvalue weighted by Crippen LogP contribution is 2.12. The standard InChI is InChI=1S/C12H17FN2O2/c1-8(5-6-17-2)15-12(16)10-7-9(14)3-4-11(10)13/h3-4,7-8H,5-6,14H2,1-2H3,(H,15,16). The van der Waals surface area contributed by atoms with E-state index in [0.29, 0.717) is 18.7 Å². The average Bonchev–Trinajstić information content (AvgIpc) is 2.29. The molecule has 0 aliphatic rings. The summed E-state index contributed by atoms with van der Waals surface area (Å²) in [6.07, 6.45) is 0.673. The van der Waals surface area contributed by atoms with E-state index >= 15 is 0 Å². The van der Waals surface area contributed by atoms with Crippen LogP contribution in [0, 0.1) is 5.82 Å². The van der Waals surface area contributed by atoms with Gasteiger partial charge in [0.15, 0.2) is 0 Å². The minimum Gasteiger partial charge on any atom is -0.399 e. The number of carbonyl (C=O) groups excluding carboxylic acids is 1. The number of methoxy groups -OCH3 is 1. The van der Waals surface area contributed by atoms with Gasteiger partial charge in [-0.1, -0.05) is 0 Å². The molecule has 1 unspecified atom stereocenters. The number of benzene rings is 1. The maximum atomic E-state index is 13.4. The molecule has 17 heavy (non-hydrogen) atoms. The Bertz CT molecular complexity index is 396. The van der Waals surface area contributed by atoms with Gasteiger partial charge in [-0.15, -0.1) is 0 Å². The van der Waals surface area contributed by atoms with Crippen molar-refractivity contribution in [2.45, 2.75) is 19.4 Å². The molecule has 0 spiro atoms. The van der Waals surface area contributed by atoms with Gasteiger partial charge in [0.25, 0.3) is 5.91 Å². The van der Waals surface area contributed by atoms with Crippen LogP contribution in [0.5, 0.6) is 0 Å². The lowest BCUT2D eigenvalue weighted by molar-refractivity contribution is 0.0925. The van der Waals surface area contributed by atoms with E-state index in [1.165, 1.54) is 18.2 Å². The van der Waals surface area contributed by atoms with Gasteiger partial charge in [-0.2, -0.15) is 0 Å². The molecule has 0 aromatic heterocycles. The Morgan fingerprint density at radius 3 is 2.94 bits per heavy atom. The first kappa shape index (κ1) is 13.4. The van der Waals surface area contributed by atoms with Gasteiger partial charge in [-0.25, -0.2) is 4.39 Å². The second kappa shape index (κ2) is 6.20. The van der Waals surface area contributed by atoms with Crippen LogP contribution in [0.1, 0.15) is 23.7 Å². The summed E-state index contributed by atoms with van der Waals surface area (Å²) in [6, 6.07) is 3.85. The van der Waals surface area contributed by atoms with Gasteiger partial charge in [0, 0.05) is 25.4 Å². The van der Waals surface area contributed by atoms with E-state index in [1.54, 1.807) is 7.11 Å². The fourth-order valence-electron chi connectivity index (χ4n) is 1.39. The summed E-state index contributed by atoms with van der Waals surface area (Å²) in [5.41, 5.74) is 5.84. The molecular weight excluding hydrogens is 223 g/mol. The highest BCUT2D eigenvalue weighted by Gasteiger charge is 2.14. The number of ether oxygens (including phenoxy) is 1. The van der Waals surface area contributed by atoms with Crippen molar-refractivity contribution in [3.8, 4) is 0 Å². The van der Waals surface area contributed by atoms with E-state index in [2.05, 4.69) is 5.32 Å². The minimum atomic E-state index is -0.573. The number of nitrogens with one attached hydrogen (secondary N) is 1. The van der Waals surface area contributed by atoms with Gasteiger partial charge in [0.1, 0.15) is 5.82 Å². The third-order valence-corrected chi connectivity index (χ3v) is 2.37. The van der Waals surface area contributed by atoms with Gasteiger partial charge >= 0.3 is 0 Å². The maximum Gasteiger partial charge on any atom is 0.254 e. The largest absolute Gasteiger partial charge is 0.399 e. The molecule has 0 aliphatic heterocycles. The molecule has 0 fully saturated rings. The number of hydrogen-bond acceptors (Lipinski definition) is 3. The molecule has 4 nitrogen and oxygen atoms in total. The average molecular weight is 240 g/mol. The molecule has 1 amide bonds. The topological polar surface area (TPSA) is 64.3 Å². The predicted molar refractivity (Wildman–Crippen MR) is 64.2 cm³/mol. The molecule has 1 aromatic rings. The molecule has 0 saturated heterocycles. The Kier molecular flexibility index (Phi) is 4.90. The molecular formula is C12H17FN2O2. The van der Waals surface area contributed by atoms with Gasteiger partial charge < -0.3 is 15.8 Å². The maximum absolute atomic E-state index is 13.4. The molecule has 0 heterocycles. The fourth-order valence-corrected chi connectivity index (χ4v) is 1.39. The molecule has 0 bridgehead atoms.